The van der Waals surface area contributed by atoms with Gasteiger partial charge >= 0.3 is 0 Å². The summed E-state index contributed by atoms with van der Waals surface area (Å²) in [5, 5.41) is 9.92. The van der Waals surface area contributed by atoms with E-state index in [0.29, 0.717) is 18.1 Å². The second-order valence-electron chi connectivity index (χ2n) is 6.98. The van der Waals surface area contributed by atoms with Crippen molar-refractivity contribution in [2.75, 3.05) is 34.0 Å². The number of methoxy groups -OCH3 is 2. The monoisotopic (exact) mass is 371 g/mol. The largest absolute Gasteiger partial charge is 0.493 e. The topological polar surface area (TPSA) is 51.2 Å². The van der Waals surface area contributed by atoms with Crippen LogP contribution in [0.3, 0.4) is 0 Å². The van der Waals surface area contributed by atoms with E-state index < -0.39 is 0 Å². The quantitative estimate of drug-likeness (QED) is 0.845. The summed E-state index contributed by atoms with van der Waals surface area (Å²) in [5.74, 6) is 1.38. The molecule has 1 heterocycles. The van der Waals surface area contributed by atoms with Crippen LogP contribution in [0.25, 0.3) is 0 Å². The van der Waals surface area contributed by atoms with Crippen LogP contribution in [0.2, 0.25) is 0 Å². The van der Waals surface area contributed by atoms with Gasteiger partial charge in [0.15, 0.2) is 11.5 Å². The molecule has 0 saturated carbocycles. The van der Waals surface area contributed by atoms with Gasteiger partial charge in [-0.25, -0.2) is 0 Å². The summed E-state index contributed by atoms with van der Waals surface area (Å²) in [7, 11) is 3.26. The zero-order chi connectivity index (χ0) is 19.4. The van der Waals surface area contributed by atoms with Gasteiger partial charge in [-0.1, -0.05) is 24.3 Å². The molecule has 2 atom stereocenters. The Morgan fingerprint density at radius 3 is 2.59 bits per heavy atom. The van der Waals surface area contributed by atoms with Crippen LogP contribution in [0.5, 0.6) is 11.5 Å². The summed E-state index contributed by atoms with van der Waals surface area (Å²) < 4.78 is 16.7. The van der Waals surface area contributed by atoms with E-state index in [4.69, 9.17) is 14.2 Å². The zero-order valence-corrected chi connectivity index (χ0v) is 16.6. The van der Waals surface area contributed by atoms with E-state index in [9.17, 15) is 5.11 Å². The minimum absolute atomic E-state index is 0.0255. The molecule has 0 amide bonds. The van der Waals surface area contributed by atoms with E-state index >= 15 is 0 Å². The Morgan fingerprint density at radius 2 is 1.89 bits per heavy atom. The third-order valence-electron chi connectivity index (χ3n) is 5.48. The minimum atomic E-state index is -0.276. The Bertz CT molecular complexity index is 777. The van der Waals surface area contributed by atoms with Gasteiger partial charge in [0.05, 0.1) is 33.5 Å². The predicted molar refractivity (Wildman–Crippen MR) is 105 cm³/mol. The highest BCUT2D eigenvalue weighted by atomic mass is 16.5. The van der Waals surface area contributed by atoms with E-state index in [2.05, 4.69) is 36.9 Å². The molecule has 146 valence electrons. The molecule has 5 nitrogen and oxygen atoms in total. The third kappa shape index (κ3) is 4.10. The van der Waals surface area contributed by atoms with Crippen LogP contribution in [0.15, 0.2) is 36.4 Å². The highest BCUT2D eigenvalue weighted by molar-refractivity contribution is 5.44. The van der Waals surface area contributed by atoms with E-state index in [1.165, 1.54) is 16.7 Å². The van der Waals surface area contributed by atoms with Crippen molar-refractivity contribution < 1.29 is 19.3 Å². The summed E-state index contributed by atoms with van der Waals surface area (Å²) >= 11 is 0. The fourth-order valence-corrected chi connectivity index (χ4v) is 3.78. The van der Waals surface area contributed by atoms with Gasteiger partial charge in [0.1, 0.15) is 6.10 Å². The van der Waals surface area contributed by atoms with Crippen molar-refractivity contribution in [3.05, 3.63) is 58.7 Å². The van der Waals surface area contributed by atoms with Crippen LogP contribution in [-0.2, 0) is 11.3 Å². The van der Waals surface area contributed by atoms with Gasteiger partial charge in [0.25, 0.3) is 0 Å². The van der Waals surface area contributed by atoms with Crippen LogP contribution in [0, 0.1) is 13.8 Å². The number of morpholine rings is 1. The lowest BCUT2D eigenvalue weighted by molar-refractivity contribution is -0.0961. The molecule has 1 fully saturated rings. The maximum Gasteiger partial charge on any atom is 0.161 e. The number of hydrogen-bond donors (Lipinski definition) is 1. The average Bonchev–Trinajstić information content (AvgIpc) is 2.70. The molecule has 1 aliphatic heterocycles. The molecule has 0 aromatic heterocycles. The second kappa shape index (κ2) is 8.74. The Balaban J connectivity index is 1.96. The Hall–Kier alpha value is -2.08. The van der Waals surface area contributed by atoms with Gasteiger partial charge < -0.3 is 19.3 Å². The van der Waals surface area contributed by atoms with Crippen molar-refractivity contribution in [3.8, 4) is 11.5 Å². The molecule has 0 aliphatic carbocycles. The molecule has 0 unspecified atom stereocenters. The maximum absolute atomic E-state index is 9.92. The Labute approximate surface area is 161 Å². The normalized spacial score (nSPS) is 20.5. The van der Waals surface area contributed by atoms with Crippen molar-refractivity contribution in [1.29, 1.82) is 0 Å². The predicted octanol–water partition coefficient (Wildman–Crippen LogP) is 3.26. The fourth-order valence-electron chi connectivity index (χ4n) is 3.78. The number of rotatable bonds is 6. The molecular weight excluding hydrogens is 342 g/mol. The van der Waals surface area contributed by atoms with Crippen LogP contribution >= 0.6 is 0 Å². The summed E-state index contributed by atoms with van der Waals surface area (Å²) in [5.41, 5.74) is 4.97. The van der Waals surface area contributed by atoms with Crippen molar-refractivity contribution >= 4 is 0 Å². The SMILES string of the molecule is COc1ccc([C@@H]2[C@@H](CO)OCCN2Cc2cccc(C)c2C)cc1OC. The van der Waals surface area contributed by atoms with Gasteiger partial charge in [-0.05, 0) is 48.2 Å². The highest BCUT2D eigenvalue weighted by Gasteiger charge is 2.34. The number of aliphatic hydroxyl groups excluding tert-OH is 1. The van der Waals surface area contributed by atoms with Crippen LogP contribution in [-0.4, -0.2) is 50.1 Å². The standard InChI is InChI=1S/C22H29NO4/c1-15-6-5-7-18(16(15)2)13-23-10-11-27-21(14-24)22(23)17-8-9-19(25-3)20(12-17)26-4/h5-9,12,21-22,24H,10-11,13-14H2,1-4H3/t21-,22-/m1/s1. The lowest BCUT2D eigenvalue weighted by Gasteiger charge is -2.41. The van der Waals surface area contributed by atoms with E-state index in [1.807, 2.05) is 18.2 Å². The van der Waals surface area contributed by atoms with Crippen LogP contribution in [0.1, 0.15) is 28.3 Å². The van der Waals surface area contributed by atoms with Crippen LogP contribution < -0.4 is 9.47 Å². The smallest absolute Gasteiger partial charge is 0.161 e. The van der Waals surface area contributed by atoms with Crippen molar-refractivity contribution in [2.24, 2.45) is 0 Å². The zero-order valence-electron chi connectivity index (χ0n) is 16.6. The average molecular weight is 371 g/mol. The van der Waals surface area contributed by atoms with E-state index in [1.54, 1.807) is 14.2 Å². The first-order valence-corrected chi connectivity index (χ1v) is 9.32. The van der Waals surface area contributed by atoms with Gasteiger partial charge in [-0.15, -0.1) is 0 Å². The Kier molecular flexibility index (Phi) is 6.37. The minimum Gasteiger partial charge on any atom is -0.493 e. The lowest BCUT2D eigenvalue weighted by Crippen LogP contribution is -2.46. The van der Waals surface area contributed by atoms with Crippen LogP contribution in [0.4, 0.5) is 0 Å². The van der Waals surface area contributed by atoms with Gasteiger partial charge in [0, 0.05) is 13.1 Å². The summed E-state index contributed by atoms with van der Waals surface area (Å²) in [4.78, 5) is 2.38. The van der Waals surface area contributed by atoms with E-state index in [-0.39, 0.29) is 18.8 Å². The molecule has 27 heavy (non-hydrogen) atoms. The number of nitrogens with zero attached hydrogens (tertiary/aromatic N) is 1. The molecule has 1 saturated heterocycles. The van der Waals surface area contributed by atoms with Gasteiger partial charge in [-0.2, -0.15) is 0 Å². The number of aliphatic hydroxyl groups is 1. The number of hydrogen-bond acceptors (Lipinski definition) is 5. The summed E-state index contributed by atoms with van der Waals surface area (Å²) in [6, 6.07) is 12.3. The number of aryl methyl sites for hydroxylation is 1. The van der Waals surface area contributed by atoms with Crippen molar-refractivity contribution in [2.45, 2.75) is 32.5 Å². The third-order valence-corrected chi connectivity index (χ3v) is 5.48. The molecule has 1 N–H and O–H groups in total. The molecular formula is C22H29NO4. The van der Waals surface area contributed by atoms with Crippen molar-refractivity contribution in [3.63, 3.8) is 0 Å². The molecule has 0 spiro atoms. The first-order chi connectivity index (χ1) is 13.1. The van der Waals surface area contributed by atoms with Gasteiger partial charge in [-0.3, -0.25) is 4.90 Å². The van der Waals surface area contributed by atoms with Crippen molar-refractivity contribution in [1.82, 2.24) is 4.90 Å². The first kappa shape index (κ1) is 19.7. The second-order valence-corrected chi connectivity index (χ2v) is 6.98. The summed E-state index contributed by atoms with van der Waals surface area (Å²) in [6.45, 7) is 6.51. The Morgan fingerprint density at radius 1 is 1.11 bits per heavy atom. The molecule has 3 rings (SSSR count). The molecule has 2 aromatic carbocycles. The van der Waals surface area contributed by atoms with Gasteiger partial charge in [0.2, 0.25) is 0 Å². The fraction of sp³-hybridized carbons (Fsp3) is 0.455. The van der Waals surface area contributed by atoms with E-state index in [0.717, 1.165) is 18.7 Å². The highest BCUT2D eigenvalue weighted by Crippen LogP contribution is 2.36. The number of benzene rings is 2. The molecule has 2 aromatic rings. The lowest BCUT2D eigenvalue weighted by atomic mass is 9.96. The first-order valence-electron chi connectivity index (χ1n) is 9.32. The molecule has 5 heteroatoms. The molecule has 0 radical (unpaired) electrons. The number of ether oxygens (including phenoxy) is 3. The maximum atomic E-state index is 9.92. The summed E-state index contributed by atoms with van der Waals surface area (Å²) in [6.07, 6.45) is -0.276. The molecule has 1 aliphatic rings. The molecule has 0 bridgehead atoms.